The Morgan fingerprint density at radius 1 is 0.929 bits per heavy atom. The maximum absolute atomic E-state index is 12.7. The van der Waals surface area contributed by atoms with E-state index in [0.717, 1.165) is 11.1 Å². The van der Waals surface area contributed by atoms with Crippen molar-refractivity contribution in [2.24, 2.45) is 0 Å². The minimum absolute atomic E-state index is 0.0249. The molecule has 1 unspecified atom stereocenters. The van der Waals surface area contributed by atoms with Crippen LogP contribution in [0.5, 0.6) is 0 Å². The van der Waals surface area contributed by atoms with Gasteiger partial charge in [-0.1, -0.05) is 59.7 Å². The van der Waals surface area contributed by atoms with Gasteiger partial charge in [-0.3, -0.25) is 14.4 Å². The standard InChI is InChI=1S/C22H21NO5/c1-13-3-7-15(8-4-13)19-18(20(26)16-9-5-14(2)6-10-16)21(27)22(28)23(19)12-11-17(24)25/h3-10,19,26H,11-12H2,1-2H3,(H,24,25). The summed E-state index contributed by atoms with van der Waals surface area (Å²) in [5.41, 5.74) is 3.05. The lowest BCUT2D eigenvalue weighted by Gasteiger charge is -2.25. The van der Waals surface area contributed by atoms with Gasteiger partial charge < -0.3 is 15.1 Å². The van der Waals surface area contributed by atoms with Gasteiger partial charge in [-0.2, -0.15) is 0 Å². The first kappa shape index (κ1) is 19.4. The molecule has 0 saturated carbocycles. The highest BCUT2D eigenvalue weighted by molar-refractivity contribution is 6.46. The molecule has 6 nitrogen and oxygen atoms in total. The number of aliphatic hydroxyl groups is 1. The first-order chi connectivity index (χ1) is 13.3. The summed E-state index contributed by atoms with van der Waals surface area (Å²) in [6.45, 7) is 3.70. The number of hydrogen-bond acceptors (Lipinski definition) is 4. The van der Waals surface area contributed by atoms with E-state index in [-0.39, 0.29) is 24.3 Å². The zero-order valence-corrected chi connectivity index (χ0v) is 15.7. The summed E-state index contributed by atoms with van der Waals surface area (Å²) < 4.78 is 0. The fourth-order valence-electron chi connectivity index (χ4n) is 3.29. The van der Waals surface area contributed by atoms with Crippen LogP contribution in [0, 0.1) is 13.8 Å². The Morgan fingerprint density at radius 3 is 2.00 bits per heavy atom. The summed E-state index contributed by atoms with van der Waals surface area (Å²) in [6.07, 6.45) is -0.292. The van der Waals surface area contributed by atoms with Crippen LogP contribution in [0.15, 0.2) is 54.1 Å². The number of aliphatic carboxylic acids is 1. The first-order valence-corrected chi connectivity index (χ1v) is 8.93. The lowest BCUT2D eigenvalue weighted by molar-refractivity contribution is -0.142. The van der Waals surface area contributed by atoms with Gasteiger partial charge in [-0.25, -0.2) is 0 Å². The lowest BCUT2D eigenvalue weighted by atomic mass is 9.94. The van der Waals surface area contributed by atoms with Gasteiger partial charge in [-0.05, 0) is 19.4 Å². The molecule has 0 bridgehead atoms. The third kappa shape index (κ3) is 3.67. The van der Waals surface area contributed by atoms with Gasteiger partial charge in [0.2, 0.25) is 0 Å². The molecular weight excluding hydrogens is 358 g/mol. The van der Waals surface area contributed by atoms with Crippen molar-refractivity contribution < 1.29 is 24.6 Å². The van der Waals surface area contributed by atoms with Gasteiger partial charge >= 0.3 is 5.97 Å². The van der Waals surface area contributed by atoms with Crippen molar-refractivity contribution in [2.45, 2.75) is 26.3 Å². The maximum Gasteiger partial charge on any atom is 0.305 e. The van der Waals surface area contributed by atoms with Gasteiger partial charge in [0.25, 0.3) is 11.7 Å². The minimum Gasteiger partial charge on any atom is -0.507 e. The van der Waals surface area contributed by atoms with E-state index in [2.05, 4.69) is 0 Å². The second-order valence-corrected chi connectivity index (χ2v) is 6.91. The van der Waals surface area contributed by atoms with Gasteiger partial charge in [0, 0.05) is 12.1 Å². The number of benzene rings is 2. The summed E-state index contributed by atoms with van der Waals surface area (Å²) in [5.74, 6) is -2.95. The molecule has 3 rings (SSSR count). The molecule has 28 heavy (non-hydrogen) atoms. The number of carboxylic acids is 1. The second-order valence-electron chi connectivity index (χ2n) is 6.91. The number of carbonyl (C=O) groups is 3. The third-order valence-electron chi connectivity index (χ3n) is 4.82. The van der Waals surface area contributed by atoms with Crippen molar-refractivity contribution in [1.29, 1.82) is 0 Å². The van der Waals surface area contributed by atoms with E-state index < -0.39 is 23.7 Å². The van der Waals surface area contributed by atoms with E-state index in [1.807, 2.05) is 26.0 Å². The van der Waals surface area contributed by atoms with E-state index in [1.54, 1.807) is 36.4 Å². The van der Waals surface area contributed by atoms with Crippen LogP contribution in [-0.2, 0) is 14.4 Å². The number of ketones is 1. The van der Waals surface area contributed by atoms with Crippen molar-refractivity contribution in [2.75, 3.05) is 6.54 Å². The molecule has 0 radical (unpaired) electrons. The predicted molar refractivity (Wildman–Crippen MR) is 104 cm³/mol. The molecule has 6 heteroatoms. The number of carboxylic acid groups (broad SMARTS) is 1. The van der Waals surface area contributed by atoms with Gasteiger partial charge in [0.1, 0.15) is 5.76 Å². The molecule has 144 valence electrons. The number of likely N-dealkylation sites (tertiary alicyclic amines) is 1. The van der Waals surface area contributed by atoms with Gasteiger partial charge in [-0.15, -0.1) is 0 Å². The third-order valence-corrected chi connectivity index (χ3v) is 4.82. The van der Waals surface area contributed by atoms with E-state index in [0.29, 0.717) is 11.1 Å². The Balaban J connectivity index is 2.14. The lowest BCUT2D eigenvalue weighted by Crippen LogP contribution is -2.31. The molecule has 1 saturated heterocycles. The van der Waals surface area contributed by atoms with Crippen LogP contribution in [0.25, 0.3) is 5.76 Å². The first-order valence-electron chi connectivity index (χ1n) is 8.93. The highest BCUT2D eigenvalue weighted by Crippen LogP contribution is 2.39. The monoisotopic (exact) mass is 379 g/mol. The number of Topliss-reactive ketones (excluding diaryl/α,β-unsaturated/α-hetero) is 1. The van der Waals surface area contributed by atoms with Crippen molar-refractivity contribution in [3.8, 4) is 0 Å². The molecule has 1 aliphatic rings. The Morgan fingerprint density at radius 2 is 1.46 bits per heavy atom. The van der Waals surface area contributed by atoms with Crippen LogP contribution >= 0.6 is 0 Å². The number of aliphatic hydroxyl groups excluding tert-OH is 1. The Kier molecular flexibility index (Phi) is 5.31. The van der Waals surface area contributed by atoms with Crippen LogP contribution in [0.1, 0.15) is 34.7 Å². The average molecular weight is 379 g/mol. The number of nitrogens with zero attached hydrogens (tertiary/aromatic N) is 1. The van der Waals surface area contributed by atoms with Crippen LogP contribution in [0.3, 0.4) is 0 Å². The van der Waals surface area contributed by atoms with Crippen molar-refractivity contribution in [3.63, 3.8) is 0 Å². The minimum atomic E-state index is -1.07. The molecule has 0 aliphatic carbocycles. The normalized spacial score (nSPS) is 18.5. The van der Waals surface area contributed by atoms with Gasteiger partial charge in [0.05, 0.1) is 18.0 Å². The summed E-state index contributed by atoms with van der Waals surface area (Å²) in [5, 5.41) is 19.9. The van der Waals surface area contributed by atoms with Crippen LogP contribution in [-0.4, -0.2) is 39.3 Å². The van der Waals surface area contributed by atoms with E-state index in [1.165, 1.54) is 4.90 Å². The van der Waals surface area contributed by atoms with Crippen molar-refractivity contribution in [3.05, 3.63) is 76.4 Å². The van der Waals surface area contributed by atoms with E-state index in [4.69, 9.17) is 5.11 Å². The topological polar surface area (TPSA) is 94.9 Å². The highest BCUT2D eigenvalue weighted by Gasteiger charge is 2.45. The van der Waals surface area contributed by atoms with Crippen molar-refractivity contribution >= 4 is 23.4 Å². The highest BCUT2D eigenvalue weighted by atomic mass is 16.4. The Bertz CT molecular complexity index is 957. The Hall–Kier alpha value is -3.41. The number of amides is 1. The zero-order valence-electron chi connectivity index (χ0n) is 15.7. The Labute approximate surface area is 162 Å². The zero-order chi connectivity index (χ0) is 20.4. The van der Waals surface area contributed by atoms with E-state index >= 15 is 0 Å². The molecule has 2 aromatic carbocycles. The molecule has 1 heterocycles. The SMILES string of the molecule is Cc1ccc(C(O)=C2C(=O)C(=O)N(CCC(=O)O)C2c2ccc(C)cc2)cc1. The number of rotatable bonds is 5. The summed E-state index contributed by atoms with van der Waals surface area (Å²) in [4.78, 5) is 37.6. The van der Waals surface area contributed by atoms with Crippen molar-refractivity contribution in [1.82, 2.24) is 4.90 Å². The molecule has 0 spiro atoms. The predicted octanol–water partition coefficient (Wildman–Crippen LogP) is 3.20. The quantitative estimate of drug-likeness (QED) is 0.473. The average Bonchev–Trinajstić information content (AvgIpc) is 2.91. The van der Waals surface area contributed by atoms with Crippen LogP contribution in [0.4, 0.5) is 0 Å². The number of hydrogen-bond donors (Lipinski definition) is 2. The van der Waals surface area contributed by atoms with Crippen LogP contribution in [0.2, 0.25) is 0 Å². The summed E-state index contributed by atoms with van der Waals surface area (Å²) in [7, 11) is 0. The maximum atomic E-state index is 12.7. The fourth-order valence-corrected chi connectivity index (χ4v) is 3.29. The number of carbonyl (C=O) groups excluding carboxylic acids is 2. The molecular formula is C22H21NO5. The molecule has 1 amide bonds. The summed E-state index contributed by atoms with van der Waals surface area (Å²) in [6, 6.07) is 13.4. The van der Waals surface area contributed by atoms with Gasteiger partial charge in [0.15, 0.2) is 0 Å². The fraction of sp³-hybridized carbons (Fsp3) is 0.227. The molecule has 1 atom stereocenters. The second kappa shape index (κ2) is 7.68. The molecule has 1 aliphatic heterocycles. The molecule has 2 N–H and O–H groups in total. The van der Waals surface area contributed by atoms with Crippen LogP contribution < -0.4 is 0 Å². The smallest absolute Gasteiger partial charge is 0.305 e. The number of aryl methyl sites for hydroxylation is 2. The summed E-state index contributed by atoms with van der Waals surface area (Å²) >= 11 is 0. The van der Waals surface area contributed by atoms with E-state index in [9.17, 15) is 19.5 Å². The molecule has 0 aromatic heterocycles. The molecule has 2 aromatic rings. The molecule has 1 fully saturated rings. The largest absolute Gasteiger partial charge is 0.507 e.